The Bertz CT molecular complexity index is 911. The molecule has 0 aliphatic carbocycles. The summed E-state index contributed by atoms with van der Waals surface area (Å²) in [5.41, 5.74) is 0.534. The van der Waals surface area contributed by atoms with E-state index in [-0.39, 0.29) is 16.1 Å². The molecule has 1 unspecified atom stereocenters. The van der Waals surface area contributed by atoms with E-state index in [1.54, 1.807) is 26.1 Å². The summed E-state index contributed by atoms with van der Waals surface area (Å²) in [6.07, 6.45) is 0. The number of morpholine rings is 1. The van der Waals surface area contributed by atoms with Gasteiger partial charge in [0, 0.05) is 25.8 Å². The summed E-state index contributed by atoms with van der Waals surface area (Å²) in [6.45, 7) is 3.26. The molecule has 1 atom stereocenters. The van der Waals surface area contributed by atoms with Gasteiger partial charge in [-0.15, -0.1) is 10.2 Å². The van der Waals surface area contributed by atoms with Gasteiger partial charge in [0.1, 0.15) is 0 Å². The van der Waals surface area contributed by atoms with Gasteiger partial charge < -0.3 is 15.4 Å². The molecule has 2 aromatic rings. The van der Waals surface area contributed by atoms with Crippen LogP contribution in [0.4, 0.5) is 10.8 Å². The number of amides is 1. The van der Waals surface area contributed by atoms with Crippen molar-refractivity contribution >= 4 is 49.8 Å². The topological polar surface area (TPSA) is 114 Å². The number of carbonyl (C=O) groups excluding carboxylic acids is 1. The number of aromatic nitrogens is 2. The first-order valence-corrected chi connectivity index (χ1v) is 11.7. The lowest BCUT2D eigenvalue weighted by Crippen LogP contribution is -2.40. The fourth-order valence-corrected chi connectivity index (χ4v) is 5.71. The zero-order chi connectivity index (χ0) is 20.1. The normalized spacial score (nSPS) is 16.5. The van der Waals surface area contributed by atoms with Crippen molar-refractivity contribution < 1.29 is 17.9 Å². The van der Waals surface area contributed by atoms with Gasteiger partial charge in [0.05, 0.1) is 23.4 Å². The monoisotopic (exact) mass is 443 g/mol. The number of nitrogens with zero attached hydrogens (tertiary/aromatic N) is 3. The molecule has 2 N–H and O–H groups in total. The Labute approximate surface area is 171 Å². The van der Waals surface area contributed by atoms with E-state index in [1.807, 2.05) is 0 Å². The van der Waals surface area contributed by atoms with Crippen molar-refractivity contribution in [2.75, 3.05) is 44.0 Å². The lowest BCUT2D eigenvalue weighted by atomic mass is 10.3. The van der Waals surface area contributed by atoms with Gasteiger partial charge in [-0.2, -0.15) is 4.31 Å². The third kappa shape index (κ3) is 5.00. The summed E-state index contributed by atoms with van der Waals surface area (Å²) in [4.78, 5) is 12.6. The fourth-order valence-electron chi connectivity index (χ4n) is 2.45. The fraction of sp³-hybridized carbons (Fsp3) is 0.438. The highest BCUT2D eigenvalue weighted by Gasteiger charge is 2.26. The molecule has 12 heteroatoms. The molecule has 2 heterocycles. The van der Waals surface area contributed by atoms with Crippen LogP contribution >= 0.6 is 23.1 Å². The zero-order valence-electron chi connectivity index (χ0n) is 15.4. The van der Waals surface area contributed by atoms with Crippen LogP contribution in [-0.2, 0) is 19.6 Å². The Hall–Kier alpha value is -1.73. The number of sulfonamides is 1. The van der Waals surface area contributed by atoms with E-state index in [0.717, 1.165) is 0 Å². The third-order valence-electron chi connectivity index (χ3n) is 4.00. The summed E-state index contributed by atoms with van der Waals surface area (Å²) in [6, 6.07) is 6.18. The maximum absolute atomic E-state index is 12.6. The number of benzene rings is 1. The molecule has 1 aliphatic heterocycles. The summed E-state index contributed by atoms with van der Waals surface area (Å²) in [5, 5.41) is 13.9. The first-order valence-electron chi connectivity index (χ1n) is 8.57. The van der Waals surface area contributed by atoms with E-state index in [4.69, 9.17) is 4.74 Å². The van der Waals surface area contributed by atoms with E-state index < -0.39 is 10.0 Å². The molecule has 1 amide bonds. The smallest absolute Gasteiger partial charge is 0.243 e. The molecule has 0 radical (unpaired) electrons. The highest BCUT2D eigenvalue weighted by molar-refractivity contribution is 8.02. The number of carbonyl (C=O) groups is 1. The molecule has 0 spiro atoms. The molecule has 28 heavy (non-hydrogen) atoms. The largest absolute Gasteiger partial charge is 0.379 e. The number of thioether (sulfide) groups is 1. The van der Waals surface area contributed by atoms with Crippen LogP contribution in [0.3, 0.4) is 0 Å². The molecule has 152 valence electrons. The van der Waals surface area contributed by atoms with Crippen molar-refractivity contribution in [2.45, 2.75) is 21.4 Å². The summed E-state index contributed by atoms with van der Waals surface area (Å²) in [5.74, 6) is -0.199. The van der Waals surface area contributed by atoms with Crippen LogP contribution in [-0.4, -0.2) is 67.4 Å². The molecule has 1 aliphatic rings. The second-order valence-electron chi connectivity index (χ2n) is 5.91. The van der Waals surface area contributed by atoms with Gasteiger partial charge in [-0.25, -0.2) is 8.42 Å². The Kier molecular flexibility index (Phi) is 6.88. The molecule has 0 saturated carbocycles. The van der Waals surface area contributed by atoms with Crippen LogP contribution in [0.5, 0.6) is 0 Å². The minimum atomic E-state index is -3.55. The van der Waals surface area contributed by atoms with Crippen molar-refractivity contribution in [3.63, 3.8) is 0 Å². The van der Waals surface area contributed by atoms with Crippen LogP contribution in [0, 0.1) is 0 Å². The standard InChI is InChI=1S/C16H21N5O4S3/c1-11(26-16-20-19-15(17-2)27-16)14(22)18-12-3-5-13(6-4-12)28(23,24)21-7-9-25-10-8-21/h3-6,11H,7-10H2,1-2H3,(H,17,19)(H,18,22). The lowest BCUT2D eigenvalue weighted by molar-refractivity contribution is -0.115. The Morgan fingerprint density at radius 2 is 1.93 bits per heavy atom. The van der Waals surface area contributed by atoms with Gasteiger partial charge in [0.25, 0.3) is 0 Å². The second kappa shape index (κ2) is 9.18. The molecule has 1 saturated heterocycles. The quantitative estimate of drug-likeness (QED) is 0.622. The number of ether oxygens (including phenoxy) is 1. The van der Waals surface area contributed by atoms with Crippen LogP contribution in [0.25, 0.3) is 0 Å². The molecule has 3 rings (SSSR count). The Morgan fingerprint density at radius 3 is 2.54 bits per heavy atom. The summed E-state index contributed by atoms with van der Waals surface area (Å²) >= 11 is 2.68. The van der Waals surface area contributed by atoms with Crippen molar-refractivity contribution in [3.8, 4) is 0 Å². The van der Waals surface area contributed by atoms with Gasteiger partial charge in [0.15, 0.2) is 4.34 Å². The van der Waals surface area contributed by atoms with Gasteiger partial charge in [-0.3, -0.25) is 4.79 Å². The van der Waals surface area contributed by atoms with Crippen LogP contribution < -0.4 is 10.6 Å². The zero-order valence-corrected chi connectivity index (χ0v) is 17.9. The average Bonchev–Trinajstić information content (AvgIpc) is 3.16. The van der Waals surface area contributed by atoms with Crippen molar-refractivity contribution in [1.82, 2.24) is 14.5 Å². The predicted octanol–water partition coefficient (Wildman–Crippen LogP) is 1.72. The van der Waals surface area contributed by atoms with Crippen molar-refractivity contribution in [3.05, 3.63) is 24.3 Å². The van der Waals surface area contributed by atoms with E-state index in [9.17, 15) is 13.2 Å². The molecular formula is C16H21N5O4S3. The molecule has 1 aromatic carbocycles. The molecule has 1 fully saturated rings. The van der Waals surface area contributed by atoms with Crippen molar-refractivity contribution in [2.24, 2.45) is 0 Å². The Morgan fingerprint density at radius 1 is 1.25 bits per heavy atom. The molecule has 1 aromatic heterocycles. The number of anilines is 2. The maximum atomic E-state index is 12.6. The molecular weight excluding hydrogens is 422 g/mol. The molecule has 9 nitrogen and oxygen atoms in total. The second-order valence-corrected chi connectivity index (χ2v) is 10.4. The number of nitrogens with one attached hydrogen (secondary N) is 2. The number of hydrogen-bond donors (Lipinski definition) is 2. The summed E-state index contributed by atoms with van der Waals surface area (Å²) < 4.78 is 32.5. The minimum absolute atomic E-state index is 0.197. The van der Waals surface area contributed by atoms with E-state index in [2.05, 4.69) is 20.8 Å². The van der Waals surface area contributed by atoms with Crippen LogP contribution in [0.15, 0.2) is 33.5 Å². The minimum Gasteiger partial charge on any atom is -0.379 e. The van der Waals surface area contributed by atoms with E-state index >= 15 is 0 Å². The summed E-state index contributed by atoms with van der Waals surface area (Å²) in [7, 11) is -1.79. The lowest BCUT2D eigenvalue weighted by Gasteiger charge is -2.26. The highest BCUT2D eigenvalue weighted by atomic mass is 32.2. The van der Waals surface area contributed by atoms with Crippen molar-refractivity contribution in [1.29, 1.82) is 0 Å². The number of hydrogen-bond acceptors (Lipinski definition) is 9. The average molecular weight is 444 g/mol. The third-order valence-corrected chi connectivity index (χ3v) is 8.03. The number of rotatable bonds is 7. The first-order chi connectivity index (χ1) is 13.4. The van der Waals surface area contributed by atoms with Crippen LogP contribution in [0.1, 0.15) is 6.92 Å². The van der Waals surface area contributed by atoms with Gasteiger partial charge in [-0.1, -0.05) is 23.1 Å². The van der Waals surface area contributed by atoms with E-state index in [0.29, 0.717) is 41.5 Å². The van der Waals surface area contributed by atoms with E-state index in [1.165, 1.54) is 39.5 Å². The first kappa shape index (κ1) is 21.0. The van der Waals surface area contributed by atoms with Gasteiger partial charge in [-0.05, 0) is 31.2 Å². The maximum Gasteiger partial charge on any atom is 0.243 e. The van der Waals surface area contributed by atoms with Gasteiger partial charge >= 0.3 is 0 Å². The predicted molar refractivity (Wildman–Crippen MR) is 109 cm³/mol. The molecule has 0 bridgehead atoms. The SMILES string of the molecule is CNc1nnc(SC(C)C(=O)Nc2ccc(S(=O)(=O)N3CCOCC3)cc2)s1. The highest BCUT2D eigenvalue weighted by Crippen LogP contribution is 2.29. The van der Waals surface area contributed by atoms with Gasteiger partial charge in [0.2, 0.25) is 21.1 Å². The van der Waals surface area contributed by atoms with Crippen LogP contribution in [0.2, 0.25) is 0 Å². The Balaban J connectivity index is 1.60.